The molecule has 7 aliphatic rings. The van der Waals surface area contributed by atoms with Crippen LogP contribution in [0, 0.1) is 0 Å². The van der Waals surface area contributed by atoms with Crippen LogP contribution in [0.25, 0.3) is 0 Å². The number of hydrogen-bond donors (Lipinski definition) is 3. The van der Waals surface area contributed by atoms with Gasteiger partial charge in [-0.2, -0.15) is 0 Å². The minimum Gasteiger partial charge on any atom is -0.379 e. The van der Waals surface area contributed by atoms with Crippen molar-refractivity contribution >= 4 is 35.5 Å². The fraction of sp³-hybridized carbons (Fsp3) is 1.00. The van der Waals surface area contributed by atoms with Crippen LogP contribution in [0.3, 0.4) is 0 Å². The first-order chi connectivity index (χ1) is 19.3. The molecule has 0 spiro atoms. The third-order valence-electron chi connectivity index (χ3n) is 9.49. The van der Waals surface area contributed by atoms with Crippen LogP contribution in [0.4, 0.5) is 0 Å². The molecule has 0 aromatic carbocycles. The Hall–Kier alpha value is 0.650. The highest BCUT2D eigenvalue weighted by Gasteiger charge is 2.73. The quantitative estimate of drug-likeness (QED) is 0.368. The minimum absolute atomic E-state index is 0.0966. The molecule has 0 aliphatic carbocycles. The van der Waals surface area contributed by atoms with E-state index in [0.29, 0.717) is 10.6 Å². The number of piperidine rings is 1. The second kappa shape index (κ2) is 12.7. The average Bonchev–Trinajstić information content (AvgIpc) is 3.82. The average molecular weight is 601 g/mol. The number of morpholine rings is 1. The van der Waals surface area contributed by atoms with E-state index in [-0.39, 0.29) is 16.9 Å². The van der Waals surface area contributed by atoms with E-state index in [4.69, 9.17) is 9.47 Å². The Morgan fingerprint density at radius 1 is 0.744 bits per heavy atom. The molecule has 0 radical (unpaired) electrons. The highest BCUT2D eigenvalue weighted by atomic mass is 32.2. The van der Waals surface area contributed by atoms with Gasteiger partial charge in [-0.05, 0) is 19.3 Å². The third-order valence-corrected chi connectivity index (χ3v) is 14.1. The van der Waals surface area contributed by atoms with E-state index < -0.39 is 0 Å². The van der Waals surface area contributed by atoms with Crippen LogP contribution in [0.2, 0.25) is 0 Å². The Morgan fingerprint density at radius 3 is 2.26 bits per heavy atom. The molecule has 7 saturated heterocycles. The van der Waals surface area contributed by atoms with Gasteiger partial charge in [-0.1, -0.05) is 18.4 Å². The lowest BCUT2D eigenvalue weighted by Crippen LogP contribution is -2.90. The number of hydrogen-bond acceptors (Lipinski definition) is 13. The fourth-order valence-electron chi connectivity index (χ4n) is 7.92. The van der Waals surface area contributed by atoms with Gasteiger partial charge in [-0.15, -0.1) is 23.5 Å². The molecule has 0 saturated carbocycles. The normalized spacial score (nSPS) is 42.9. The maximum Gasteiger partial charge on any atom is 0.176 e. The first-order valence-electron chi connectivity index (χ1n) is 15.4. The van der Waals surface area contributed by atoms with Gasteiger partial charge in [0.25, 0.3) is 0 Å². The molecule has 7 fully saturated rings. The molecular weight excluding hydrogens is 553 g/mol. The topological polar surface area (TPSA) is 70.8 Å². The molecule has 13 heteroatoms. The number of nitrogens with one attached hydrogen (secondary N) is 3. The molecule has 0 amide bonds. The number of nitrogens with zero attached hydrogens (tertiary/aromatic N) is 5. The summed E-state index contributed by atoms with van der Waals surface area (Å²) in [4.78, 5) is 5.72. The first-order valence-corrected chi connectivity index (χ1v) is 18.3. The molecule has 7 aliphatic heterocycles. The molecule has 10 nitrogen and oxygen atoms in total. The van der Waals surface area contributed by atoms with E-state index >= 15 is 0 Å². The van der Waals surface area contributed by atoms with E-state index in [9.17, 15) is 0 Å². The van der Waals surface area contributed by atoms with E-state index in [2.05, 4.69) is 75.5 Å². The Bertz CT molecular complexity index is 762. The standard InChI is InChI=1S/C26H48N8O2S3/c1-2-9-30(10-3-1)26(31-12-5-27-6-13-31)25(24-29-8-20-37-24,34-11-4-19-38-34)39-22(23-28-7-16-36-23)21-33(26)32-14-17-35-18-15-32/h22-24,27-29H,1-21H2. The van der Waals surface area contributed by atoms with Crippen molar-refractivity contribution in [3.63, 3.8) is 0 Å². The molecule has 0 aromatic rings. The maximum atomic E-state index is 6.41. The number of rotatable bonds is 6. The second-order valence-corrected chi connectivity index (χ2v) is 15.4. The highest BCUT2D eigenvalue weighted by Crippen LogP contribution is 2.60. The molecule has 0 aromatic heterocycles. The first kappa shape index (κ1) is 28.4. The van der Waals surface area contributed by atoms with Crippen molar-refractivity contribution in [2.75, 3.05) is 110 Å². The Labute approximate surface area is 247 Å². The van der Waals surface area contributed by atoms with Crippen LogP contribution in [0.1, 0.15) is 25.7 Å². The van der Waals surface area contributed by atoms with Crippen molar-refractivity contribution in [3.05, 3.63) is 0 Å². The maximum absolute atomic E-state index is 6.41. The molecule has 3 N–H and O–H groups in total. The zero-order chi connectivity index (χ0) is 26.1. The lowest BCUT2D eigenvalue weighted by molar-refractivity contribution is -0.297. The molecule has 39 heavy (non-hydrogen) atoms. The van der Waals surface area contributed by atoms with Crippen molar-refractivity contribution in [1.82, 2.24) is 40.1 Å². The number of piperazine rings is 1. The van der Waals surface area contributed by atoms with E-state index in [0.717, 1.165) is 85.3 Å². The van der Waals surface area contributed by atoms with Crippen molar-refractivity contribution in [3.8, 4) is 0 Å². The van der Waals surface area contributed by atoms with Crippen LogP contribution in [-0.2, 0) is 9.47 Å². The van der Waals surface area contributed by atoms with Gasteiger partial charge in [0.05, 0.1) is 30.4 Å². The lowest BCUT2D eigenvalue weighted by Gasteiger charge is -2.72. The van der Waals surface area contributed by atoms with Crippen LogP contribution in [0.5, 0.6) is 0 Å². The highest BCUT2D eigenvalue weighted by molar-refractivity contribution is 8.06. The largest absolute Gasteiger partial charge is 0.379 e. The van der Waals surface area contributed by atoms with Gasteiger partial charge < -0.3 is 20.1 Å². The van der Waals surface area contributed by atoms with Crippen molar-refractivity contribution in [2.45, 2.75) is 53.2 Å². The number of likely N-dealkylation sites (tertiary alicyclic amines) is 1. The third kappa shape index (κ3) is 5.02. The van der Waals surface area contributed by atoms with Gasteiger partial charge in [-0.25, -0.2) is 14.3 Å². The summed E-state index contributed by atoms with van der Waals surface area (Å²) >= 11 is 6.55. The summed E-state index contributed by atoms with van der Waals surface area (Å²) in [6.45, 7) is 15.2. The molecule has 7 heterocycles. The summed E-state index contributed by atoms with van der Waals surface area (Å²) in [5, 5.41) is 17.8. The Morgan fingerprint density at radius 2 is 1.56 bits per heavy atom. The number of ether oxygens (including phenoxy) is 2. The Balaban J connectivity index is 1.44. The summed E-state index contributed by atoms with van der Waals surface area (Å²) < 4.78 is 15.2. The molecule has 222 valence electrons. The number of hydrazine groups is 1. The zero-order valence-electron chi connectivity index (χ0n) is 23.4. The zero-order valence-corrected chi connectivity index (χ0v) is 25.8. The van der Waals surface area contributed by atoms with E-state index in [1.54, 1.807) is 0 Å². The van der Waals surface area contributed by atoms with Crippen LogP contribution in [-0.4, -0.2) is 161 Å². The van der Waals surface area contributed by atoms with E-state index in [1.807, 2.05) is 0 Å². The molecule has 7 rings (SSSR count). The molecule has 5 atom stereocenters. The molecular formula is C26H48N8O2S3. The van der Waals surface area contributed by atoms with E-state index in [1.165, 1.54) is 50.3 Å². The van der Waals surface area contributed by atoms with Crippen molar-refractivity contribution in [1.29, 1.82) is 0 Å². The van der Waals surface area contributed by atoms with Crippen molar-refractivity contribution in [2.24, 2.45) is 0 Å². The van der Waals surface area contributed by atoms with Crippen molar-refractivity contribution < 1.29 is 9.47 Å². The predicted octanol–water partition coefficient (Wildman–Crippen LogP) is 0.355. The SMILES string of the molecule is C1CCN(C2(N3CCNCC3)N(N3CCOCC3)CC(C3NCCO3)SC2(C2NCCS2)N2CCCS2)CC1. The summed E-state index contributed by atoms with van der Waals surface area (Å²) in [7, 11) is 0. The molecule has 5 unspecified atom stereocenters. The summed E-state index contributed by atoms with van der Waals surface area (Å²) in [6.07, 6.45) is 5.30. The second-order valence-electron chi connectivity index (χ2n) is 11.7. The van der Waals surface area contributed by atoms with Crippen LogP contribution < -0.4 is 16.0 Å². The van der Waals surface area contributed by atoms with Crippen LogP contribution >= 0.6 is 35.5 Å². The minimum atomic E-state index is -0.251. The van der Waals surface area contributed by atoms with Gasteiger partial charge in [0, 0.05) is 90.0 Å². The van der Waals surface area contributed by atoms with Gasteiger partial charge in [0.15, 0.2) is 5.79 Å². The summed E-state index contributed by atoms with van der Waals surface area (Å²) in [5.74, 6) is 2.15. The van der Waals surface area contributed by atoms with Crippen LogP contribution in [0.15, 0.2) is 0 Å². The predicted molar refractivity (Wildman–Crippen MR) is 162 cm³/mol. The summed E-state index contributed by atoms with van der Waals surface area (Å²) in [6, 6.07) is 0. The van der Waals surface area contributed by atoms with Gasteiger partial charge in [-0.3, -0.25) is 15.1 Å². The monoisotopic (exact) mass is 600 g/mol. The fourth-order valence-corrected chi connectivity index (χ4v) is 12.9. The van der Waals surface area contributed by atoms with Gasteiger partial charge in [0.1, 0.15) is 11.1 Å². The number of thioether (sulfide) groups is 2. The lowest BCUT2D eigenvalue weighted by atomic mass is 9.96. The van der Waals surface area contributed by atoms with Gasteiger partial charge in [0.2, 0.25) is 0 Å². The smallest absolute Gasteiger partial charge is 0.176 e. The summed E-state index contributed by atoms with van der Waals surface area (Å²) in [5.41, 5.74) is 0. The Kier molecular flexibility index (Phi) is 9.26. The van der Waals surface area contributed by atoms with Gasteiger partial charge >= 0.3 is 0 Å². The molecule has 0 bridgehead atoms.